The number of rotatable bonds is 7. The third-order valence-corrected chi connectivity index (χ3v) is 4.08. The first-order valence-electron chi connectivity index (χ1n) is 9.11. The highest BCUT2D eigenvalue weighted by atomic mass is 16.5. The molecule has 0 saturated heterocycles. The number of benzene rings is 3. The van der Waals surface area contributed by atoms with Crippen LogP contribution in [0.25, 0.3) is 6.08 Å². The highest BCUT2D eigenvalue weighted by molar-refractivity contribution is 5.91. The van der Waals surface area contributed by atoms with Crippen LogP contribution in [0.2, 0.25) is 0 Å². The van der Waals surface area contributed by atoms with E-state index in [1.807, 2.05) is 30.3 Å². The second-order valence-electron chi connectivity index (χ2n) is 6.22. The number of esters is 2. The zero-order valence-corrected chi connectivity index (χ0v) is 15.7. The van der Waals surface area contributed by atoms with Crippen LogP contribution in [0.4, 0.5) is 0 Å². The molecule has 5 heteroatoms. The summed E-state index contributed by atoms with van der Waals surface area (Å²) in [6.07, 6.45) is 3.45. The van der Waals surface area contributed by atoms with E-state index in [9.17, 15) is 14.7 Å². The minimum atomic E-state index is -0.564. The Bertz CT molecular complexity index is 994. The zero-order valence-electron chi connectivity index (χ0n) is 15.7. The van der Waals surface area contributed by atoms with Crippen molar-refractivity contribution in [2.45, 2.75) is 6.42 Å². The van der Waals surface area contributed by atoms with Crippen molar-refractivity contribution in [3.8, 4) is 11.5 Å². The van der Waals surface area contributed by atoms with Gasteiger partial charge in [0.2, 0.25) is 0 Å². The molecule has 3 rings (SSSR count). The molecule has 0 aliphatic carbocycles. The molecule has 0 aliphatic heterocycles. The average molecular weight is 388 g/mol. The number of hydrogen-bond acceptors (Lipinski definition) is 5. The maximum atomic E-state index is 12.1. The van der Waals surface area contributed by atoms with Crippen LogP contribution >= 0.6 is 0 Å². The van der Waals surface area contributed by atoms with Crippen molar-refractivity contribution < 1.29 is 24.2 Å². The van der Waals surface area contributed by atoms with Crippen molar-refractivity contribution in [3.63, 3.8) is 0 Å². The number of carbonyl (C=O) groups excluding carboxylic acids is 2. The number of phenolic OH excluding ortho intramolecular Hbond substituents is 1. The molecule has 3 aromatic rings. The van der Waals surface area contributed by atoms with Gasteiger partial charge in [0.1, 0.15) is 0 Å². The van der Waals surface area contributed by atoms with Crippen LogP contribution in [0.15, 0.2) is 84.9 Å². The summed E-state index contributed by atoms with van der Waals surface area (Å²) in [4.78, 5) is 23.9. The molecule has 0 atom stereocenters. The molecule has 0 aliphatic rings. The Labute approximate surface area is 168 Å². The summed E-state index contributed by atoms with van der Waals surface area (Å²) in [5.74, 6) is -1.19. The van der Waals surface area contributed by atoms with Crippen LogP contribution in [-0.4, -0.2) is 23.7 Å². The van der Waals surface area contributed by atoms with Gasteiger partial charge in [0.25, 0.3) is 0 Å². The van der Waals surface area contributed by atoms with Crippen molar-refractivity contribution >= 4 is 18.0 Å². The van der Waals surface area contributed by atoms with Gasteiger partial charge in [0.15, 0.2) is 11.5 Å². The van der Waals surface area contributed by atoms with Crippen molar-refractivity contribution in [2.24, 2.45) is 0 Å². The third-order valence-electron chi connectivity index (χ3n) is 4.08. The van der Waals surface area contributed by atoms with Gasteiger partial charge in [0.05, 0.1) is 12.2 Å². The molecule has 0 amide bonds. The molecule has 0 unspecified atom stereocenters. The summed E-state index contributed by atoms with van der Waals surface area (Å²) in [6.45, 7) is 0.285. The predicted octanol–water partition coefficient (Wildman–Crippen LogP) is 4.41. The first kappa shape index (κ1) is 19.9. The Morgan fingerprint density at radius 1 is 0.897 bits per heavy atom. The second kappa shape index (κ2) is 9.90. The fraction of sp³-hybridized carbons (Fsp3) is 0.0833. The van der Waals surface area contributed by atoms with E-state index in [4.69, 9.17) is 9.47 Å². The minimum absolute atomic E-state index is 0.0430. The standard InChI is InChI=1S/C24H20O5/c25-21-17-19(11-13-22(21)29-24(27)20-9-5-2-6-10-20)12-14-23(26)28-16-15-18-7-3-1-4-8-18/h1-14,17,25H,15-16H2/b14-12-. The van der Waals surface area contributed by atoms with E-state index in [0.717, 1.165) is 5.56 Å². The topological polar surface area (TPSA) is 72.8 Å². The minimum Gasteiger partial charge on any atom is -0.504 e. The Kier molecular flexibility index (Phi) is 6.79. The molecule has 0 saturated carbocycles. The molecule has 0 bridgehead atoms. The fourth-order valence-electron chi connectivity index (χ4n) is 2.58. The smallest absolute Gasteiger partial charge is 0.343 e. The van der Waals surface area contributed by atoms with Gasteiger partial charge < -0.3 is 14.6 Å². The SMILES string of the molecule is O=C(/C=C\c1ccc(OC(=O)c2ccccc2)c(O)c1)OCCc1ccccc1. The lowest BCUT2D eigenvalue weighted by Gasteiger charge is -2.07. The monoisotopic (exact) mass is 388 g/mol. The normalized spacial score (nSPS) is 10.6. The van der Waals surface area contributed by atoms with Crippen molar-refractivity contribution in [1.29, 1.82) is 0 Å². The maximum Gasteiger partial charge on any atom is 0.343 e. The molecular formula is C24H20O5. The Hall–Kier alpha value is -3.86. The van der Waals surface area contributed by atoms with Crippen LogP contribution in [-0.2, 0) is 16.0 Å². The summed E-state index contributed by atoms with van der Waals surface area (Å²) >= 11 is 0. The first-order chi connectivity index (χ1) is 14.1. The van der Waals surface area contributed by atoms with E-state index in [1.54, 1.807) is 36.4 Å². The Morgan fingerprint density at radius 2 is 1.59 bits per heavy atom. The van der Waals surface area contributed by atoms with Gasteiger partial charge >= 0.3 is 11.9 Å². The number of ether oxygens (including phenoxy) is 2. The van der Waals surface area contributed by atoms with Crippen molar-refractivity contribution in [1.82, 2.24) is 0 Å². The quantitative estimate of drug-likeness (QED) is 0.369. The zero-order chi connectivity index (χ0) is 20.5. The number of hydrogen-bond donors (Lipinski definition) is 1. The average Bonchev–Trinajstić information content (AvgIpc) is 2.75. The third kappa shape index (κ3) is 6.07. The van der Waals surface area contributed by atoms with Gasteiger partial charge in [-0.2, -0.15) is 0 Å². The van der Waals surface area contributed by atoms with Crippen LogP contribution in [0.1, 0.15) is 21.5 Å². The van der Waals surface area contributed by atoms with Gasteiger partial charge in [-0.25, -0.2) is 9.59 Å². The number of carbonyl (C=O) groups is 2. The Balaban J connectivity index is 1.52. The molecule has 0 spiro atoms. The summed E-state index contributed by atoms with van der Waals surface area (Å²) in [7, 11) is 0. The molecule has 29 heavy (non-hydrogen) atoms. The van der Waals surface area contributed by atoms with Gasteiger partial charge in [-0.1, -0.05) is 54.6 Å². The van der Waals surface area contributed by atoms with Crippen LogP contribution < -0.4 is 4.74 Å². The number of phenols is 1. The second-order valence-corrected chi connectivity index (χ2v) is 6.22. The Morgan fingerprint density at radius 3 is 2.28 bits per heavy atom. The van der Waals surface area contributed by atoms with Crippen molar-refractivity contribution in [3.05, 3.63) is 102 Å². The molecule has 0 fully saturated rings. The summed E-state index contributed by atoms with van der Waals surface area (Å²) in [5, 5.41) is 10.1. The van der Waals surface area contributed by atoms with Crippen LogP contribution in [0.3, 0.4) is 0 Å². The maximum absolute atomic E-state index is 12.1. The molecule has 0 radical (unpaired) electrons. The molecule has 5 nitrogen and oxygen atoms in total. The highest BCUT2D eigenvalue weighted by Crippen LogP contribution is 2.28. The first-order valence-corrected chi connectivity index (χ1v) is 9.11. The molecule has 0 heterocycles. The van der Waals surface area contributed by atoms with Gasteiger partial charge in [-0.05, 0) is 41.5 Å². The fourth-order valence-corrected chi connectivity index (χ4v) is 2.58. The molecule has 1 N–H and O–H groups in total. The van der Waals surface area contributed by atoms with Crippen LogP contribution in [0.5, 0.6) is 11.5 Å². The van der Waals surface area contributed by atoms with E-state index in [1.165, 1.54) is 24.3 Å². The molecule has 3 aromatic carbocycles. The lowest BCUT2D eigenvalue weighted by atomic mass is 10.2. The molecule has 146 valence electrons. The lowest BCUT2D eigenvalue weighted by molar-refractivity contribution is -0.137. The summed E-state index contributed by atoms with van der Waals surface area (Å²) in [5.41, 5.74) is 2.05. The lowest BCUT2D eigenvalue weighted by Crippen LogP contribution is -2.08. The van der Waals surface area contributed by atoms with E-state index >= 15 is 0 Å². The highest BCUT2D eigenvalue weighted by Gasteiger charge is 2.11. The van der Waals surface area contributed by atoms with Gasteiger partial charge in [0, 0.05) is 12.5 Å². The van der Waals surface area contributed by atoms with E-state index < -0.39 is 11.9 Å². The number of aromatic hydroxyl groups is 1. The van der Waals surface area contributed by atoms with E-state index in [2.05, 4.69) is 0 Å². The van der Waals surface area contributed by atoms with Gasteiger partial charge in [-0.15, -0.1) is 0 Å². The summed E-state index contributed by atoms with van der Waals surface area (Å²) < 4.78 is 10.4. The molecule has 0 aromatic heterocycles. The van der Waals surface area contributed by atoms with Gasteiger partial charge in [-0.3, -0.25) is 0 Å². The molecular weight excluding hydrogens is 368 g/mol. The largest absolute Gasteiger partial charge is 0.504 e. The van der Waals surface area contributed by atoms with Crippen LogP contribution in [0, 0.1) is 0 Å². The van der Waals surface area contributed by atoms with E-state index in [0.29, 0.717) is 17.5 Å². The van der Waals surface area contributed by atoms with E-state index in [-0.39, 0.29) is 18.1 Å². The predicted molar refractivity (Wildman–Crippen MR) is 110 cm³/mol. The summed E-state index contributed by atoms with van der Waals surface area (Å²) in [6, 6.07) is 22.7. The van der Waals surface area contributed by atoms with Crippen molar-refractivity contribution in [2.75, 3.05) is 6.61 Å².